The topological polar surface area (TPSA) is 12.4 Å². The van der Waals surface area contributed by atoms with Crippen LogP contribution in [0.5, 0.6) is 0 Å². The molecule has 3 rings (SSSR count). The number of hydrogen-bond donors (Lipinski definition) is 0. The second-order valence-corrected chi connectivity index (χ2v) is 5.11. The van der Waals surface area contributed by atoms with Gasteiger partial charge in [0.2, 0.25) is 0 Å². The van der Waals surface area contributed by atoms with Gasteiger partial charge >= 0.3 is 0 Å². The molecule has 1 aliphatic heterocycles. The zero-order valence-electron chi connectivity index (χ0n) is 9.06. The summed E-state index contributed by atoms with van der Waals surface area (Å²) in [7, 11) is 0. The third kappa shape index (κ3) is 1.99. The zero-order valence-corrected chi connectivity index (χ0v) is 10.6. The predicted octanol–water partition coefficient (Wildman–Crippen LogP) is 4.51. The molecule has 3 heteroatoms. The van der Waals surface area contributed by atoms with Crippen molar-refractivity contribution in [3.05, 3.63) is 54.1 Å². The Labute approximate surface area is 110 Å². The van der Waals surface area contributed by atoms with Crippen molar-refractivity contribution in [1.82, 2.24) is 0 Å². The molecule has 0 amide bonds. The fourth-order valence-electron chi connectivity index (χ4n) is 1.86. The van der Waals surface area contributed by atoms with Crippen LogP contribution in [0.4, 0.5) is 5.69 Å². The van der Waals surface area contributed by atoms with E-state index in [0.717, 1.165) is 17.0 Å². The van der Waals surface area contributed by atoms with Crippen molar-refractivity contribution in [2.75, 3.05) is 5.88 Å². The molecule has 0 spiro atoms. The van der Waals surface area contributed by atoms with Gasteiger partial charge in [-0.1, -0.05) is 42.1 Å². The molecule has 0 saturated heterocycles. The first-order valence-corrected chi connectivity index (χ1v) is 6.73. The quantitative estimate of drug-likeness (QED) is 0.687. The number of benzene rings is 2. The fourth-order valence-corrected chi connectivity index (χ4v) is 3.10. The maximum absolute atomic E-state index is 6.01. The zero-order chi connectivity index (χ0) is 11.7. The number of halogens is 1. The standard InChI is InChI=1S/C14H10ClNS/c15-9-12-10-5-1-3-7-13(10)17-14-8-4-2-6-11(14)16-12/h1-8H,9H2. The minimum absolute atomic E-state index is 0.436. The summed E-state index contributed by atoms with van der Waals surface area (Å²) in [5.41, 5.74) is 3.09. The molecule has 0 aliphatic carbocycles. The summed E-state index contributed by atoms with van der Waals surface area (Å²) in [6.07, 6.45) is 0. The average Bonchev–Trinajstić information content (AvgIpc) is 2.54. The molecule has 2 aromatic rings. The van der Waals surface area contributed by atoms with Gasteiger partial charge in [0.15, 0.2) is 0 Å². The molecule has 1 nitrogen and oxygen atoms in total. The van der Waals surface area contributed by atoms with Gasteiger partial charge < -0.3 is 0 Å². The van der Waals surface area contributed by atoms with Crippen molar-refractivity contribution in [3.8, 4) is 0 Å². The van der Waals surface area contributed by atoms with Crippen molar-refractivity contribution in [3.63, 3.8) is 0 Å². The molecular weight excluding hydrogens is 250 g/mol. The lowest BCUT2D eigenvalue weighted by atomic mass is 10.1. The second kappa shape index (κ2) is 4.55. The number of rotatable bonds is 1. The SMILES string of the molecule is ClCC1=Nc2ccccc2Sc2ccccc21. The first kappa shape index (κ1) is 10.9. The van der Waals surface area contributed by atoms with Crippen LogP contribution in [0.15, 0.2) is 63.3 Å². The van der Waals surface area contributed by atoms with Crippen LogP contribution in [-0.4, -0.2) is 11.6 Å². The number of para-hydroxylation sites is 1. The molecule has 0 radical (unpaired) electrons. The lowest BCUT2D eigenvalue weighted by Crippen LogP contribution is -2.02. The molecule has 0 atom stereocenters. The van der Waals surface area contributed by atoms with Crippen LogP contribution in [-0.2, 0) is 0 Å². The Morgan fingerprint density at radius 3 is 2.47 bits per heavy atom. The van der Waals surface area contributed by atoms with Gasteiger partial charge in [-0.3, -0.25) is 4.99 Å². The van der Waals surface area contributed by atoms with Crippen molar-refractivity contribution in [2.24, 2.45) is 4.99 Å². The number of nitrogens with zero attached hydrogens (tertiary/aromatic N) is 1. The highest BCUT2D eigenvalue weighted by Crippen LogP contribution is 2.39. The first-order valence-electron chi connectivity index (χ1n) is 5.38. The number of hydrogen-bond acceptors (Lipinski definition) is 2. The molecule has 0 saturated carbocycles. The molecule has 2 aromatic carbocycles. The summed E-state index contributed by atoms with van der Waals surface area (Å²) in [5, 5.41) is 0. The van der Waals surface area contributed by atoms with Gasteiger partial charge in [-0.2, -0.15) is 0 Å². The molecule has 0 unspecified atom stereocenters. The Morgan fingerprint density at radius 1 is 0.941 bits per heavy atom. The minimum atomic E-state index is 0.436. The van der Waals surface area contributed by atoms with E-state index < -0.39 is 0 Å². The minimum Gasteiger partial charge on any atom is -0.250 e. The lowest BCUT2D eigenvalue weighted by Gasteiger charge is -2.05. The molecule has 0 aromatic heterocycles. The Hall–Kier alpha value is -1.25. The molecule has 1 aliphatic rings. The highest BCUT2D eigenvalue weighted by Gasteiger charge is 2.15. The molecule has 0 N–H and O–H groups in total. The van der Waals surface area contributed by atoms with E-state index in [1.807, 2.05) is 30.3 Å². The van der Waals surface area contributed by atoms with Gasteiger partial charge in [0, 0.05) is 15.4 Å². The fraction of sp³-hybridized carbons (Fsp3) is 0.0714. The number of alkyl halides is 1. The highest BCUT2D eigenvalue weighted by atomic mass is 35.5. The second-order valence-electron chi connectivity index (χ2n) is 3.76. The Morgan fingerprint density at radius 2 is 1.65 bits per heavy atom. The number of fused-ring (bicyclic) bond motifs is 2. The normalized spacial score (nSPS) is 13.4. The third-order valence-electron chi connectivity index (χ3n) is 2.67. The molecule has 17 heavy (non-hydrogen) atoms. The van der Waals surface area contributed by atoms with E-state index in [4.69, 9.17) is 11.6 Å². The molecule has 1 heterocycles. The van der Waals surface area contributed by atoms with E-state index >= 15 is 0 Å². The van der Waals surface area contributed by atoms with Crippen LogP contribution in [0.3, 0.4) is 0 Å². The summed E-state index contributed by atoms with van der Waals surface area (Å²) in [4.78, 5) is 7.06. The molecular formula is C14H10ClNS. The Kier molecular flexibility index (Phi) is 2.91. The van der Waals surface area contributed by atoms with E-state index in [2.05, 4.69) is 23.2 Å². The first-order chi connectivity index (χ1) is 8.38. The van der Waals surface area contributed by atoms with Crippen molar-refractivity contribution in [2.45, 2.75) is 9.79 Å². The summed E-state index contributed by atoms with van der Waals surface area (Å²) >= 11 is 7.76. The summed E-state index contributed by atoms with van der Waals surface area (Å²) in [6.45, 7) is 0. The van der Waals surface area contributed by atoms with Crippen molar-refractivity contribution >= 4 is 34.8 Å². The summed E-state index contributed by atoms with van der Waals surface area (Å²) in [6, 6.07) is 16.4. The largest absolute Gasteiger partial charge is 0.250 e. The summed E-state index contributed by atoms with van der Waals surface area (Å²) in [5.74, 6) is 0.436. The van der Waals surface area contributed by atoms with Crippen LogP contribution in [0.25, 0.3) is 0 Å². The van der Waals surface area contributed by atoms with E-state index in [0.29, 0.717) is 5.88 Å². The Bertz CT molecular complexity index is 592. The van der Waals surface area contributed by atoms with E-state index in [1.54, 1.807) is 11.8 Å². The Balaban J connectivity index is 2.24. The van der Waals surface area contributed by atoms with Crippen molar-refractivity contribution in [1.29, 1.82) is 0 Å². The van der Waals surface area contributed by atoms with Gasteiger partial charge in [-0.05, 0) is 18.2 Å². The van der Waals surface area contributed by atoms with E-state index in [9.17, 15) is 0 Å². The third-order valence-corrected chi connectivity index (χ3v) is 4.06. The van der Waals surface area contributed by atoms with Gasteiger partial charge in [-0.25, -0.2) is 0 Å². The van der Waals surface area contributed by atoms with Crippen LogP contribution in [0.2, 0.25) is 0 Å². The predicted molar refractivity (Wildman–Crippen MR) is 73.9 cm³/mol. The van der Waals surface area contributed by atoms with Crippen LogP contribution < -0.4 is 0 Å². The molecule has 84 valence electrons. The average molecular weight is 260 g/mol. The van der Waals surface area contributed by atoms with E-state index in [-0.39, 0.29) is 0 Å². The molecule has 0 bridgehead atoms. The van der Waals surface area contributed by atoms with Crippen LogP contribution in [0, 0.1) is 0 Å². The van der Waals surface area contributed by atoms with Gasteiger partial charge in [0.1, 0.15) is 0 Å². The monoisotopic (exact) mass is 259 g/mol. The van der Waals surface area contributed by atoms with Gasteiger partial charge in [0.05, 0.1) is 17.3 Å². The summed E-state index contributed by atoms with van der Waals surface area (Å²) < 4.78 is 0. The lowest BCUT2D eigenvalue weighted by molar-refractivity contribution is 1.38. The smallest absolute Gasteiger partial charge is 0.0773 e. The maximum atomic E-state index is 6.01. The van der Waals surface area contributed by atoms with Gasteiger partial charge in [-0.15, -0.1) is 11.6 Å². The maximum Gasteiger partial charge on any atom is 0.0773 e. The van der Waals surface area contributed by atoms with E-state index in [1.165, 1.54) is 9.79 Å². The number of aliphatic imine (C=N–C) groups is 1. The van der Waals surface area contributed by atoms with Crippen LogP contribution in [0.1, 0.15) is 5.56 Å². The molecule has 0 fully saturated rings. The highest BCUT2D eigenvalue weighted by molar-refractivity contribution is 7.99. The van der Waals surface area contributed by atoms with Crippen LogP contribution >= 0.6 is 23.4 Å². The van der Waals surface area contributed by atoms with Gasteiger partial charge in [0.25, 0.3) is 0 Å². The van der Waals surface area contributed by atoms with Crippen molar-refractivity contribution < 1.29 is 0 Å².